The fourth-order valence-corrected chi connectivity index (χ4v) is 1.53. The number of methoxy groups -OCH3 is 1. The maximum Gasteiger partial charge on any atom is 0.252 e. The third-order valence-electron chi connectivity index (χ3n) is 2.23. The van der Waals surface area contributed by atoms with Gasteiger partial charge in [0.1, 0.15) is 5.75 Å². The third-order valence-corrected chi connectivity index (χ3v) is 2.45. The molecule has 0 bridgehead atoms. The van der Waals surface area contributed by atoms with Crippen molar-refractivity contribution in [2.45, 2.75) is 26.2 Å². The molecule has 3 heteroatoms. The number of hydrogen-bond acceptors (Lipinski definition) is 2. The average molecular weight is 227 g/mol. The summed E-state index contributed by atoms with van der Waals surface area (Å²) in [5, 5.41) is -0.442. The summed E-state index contributed by atoms with van der Waals surface area (Å²) in [5.74, 6) is 0.782. The molecule has 0 spiro atoms. The van der Waals surface area contributed by atoms with Gasteiger partial charge < -0.3 is 4.74 Å². The number of halogens is 1. The van der Waals surface area contributed by atoms with Crippen LogP contribution in [0, 0.1) is 0 Å². The highest BCUT2D eigenvalue weighted by Crippen LogP contribution is 2.32. The van der Waals surface area contributed by atoms with Gasteiger partial charge in [-0.1, -0.05) is 20.8 Å². The summed E-state index contributed by atoms with van der Waals surface area (Å²) in [7, 11) is 1.62. The quantitative estimate of drug-likeness (QED) is 0.723. The largest absolute Gasteiger partial charge is 0.496 e. The lowest BCUT2D eigenvalue weighted by molar-refractivity contribution is 0.108. The number of carbonyl (C=O) groups excluding carboxylic acids is 1. The maximum atomic E-state index is 11.0. The van der Waals surface area contributed by atoms with Crippen LogP contribution in [0.3, 0.4) is 0 Å². The van der Waals surface area contributed by atoms with E-state index in [0.717, 1.165) is 11.3 Å². The number of hydrogen-bond donors (Lipinski definition) is 0. The lowest BCUT2D eigenvalue weighted by Crippen LogP contribution is -2.13. The highest BCUT2D eigenvalue weighted by Gasteiger charge is 2.20. The number of carbonyl (C=O) groups is 1. The highest BCUT2D eigenvalue weighted by molar-refractivity contribution is 6.67. The van der Waals surface area contributed by atoms with Gasteiger partial charge in [0.15, 0.2) is 0 Å². The molecular formula is C12H15ClO2. The van der Waals surface area contributed by atoms with Crippen molar-refractivity contribution in [3.8, 4) is 5.75 Å². The molecular weight excluding hydrogens is 212 g/mol. The first kappa shape index (κ1) is 12.1. The van der Waals surface area contributed by atoms with Crippen LogP contribution < -0.4 is 4.74 Å². The molecule has 0 atom stereocenters. The van der Waals surface area contributed by atoms with Gasteiger partial charge in [-0.3, -0.25) is 4.79 Å². The average Bonchev–Trinajstić information content (AvgIpc) is 2.15. The molecule has 1 aromatic rings. The van der Waals surface area contributed by atoms with Crippen LogP contribution >= 0.6 is 11.6 Å². The van der Waals surface area contributed by atoms with Crippen LogP contribution in [0.1, 0.15) is 36.7 Å². The zero-order valence-corrected chi connectivity index (χ0v) is 10.2. The van der Waals surface area contributed by atoms with Crippen LogP contribution in [0.4, 0.5) is 0 Å². The molecule has 15 heavy (non-hydrogen) atoms. The van der Waals surface area contributed by atoms with E-state index in [1.807, 2.05) is 0 Å². The van der Waals surface area contributed by atoms with Crippen molar-refractivity contribution < 1.29 is 9.53 Å². The summed E-state index contributed by atoms with van der Waals surface area (Å²) in [6, 6.07) is 5.23. The van der Waals surface area contributed by atoms with Crippen LogP contribution in [0.5, 0.6) is 5.75 Å². The van der Waals surface area contributed by atoms with Crippen LogP contribution in [0.25, 0.3) is 0 Å². The van der Waals surface area contributed by atoms with Crippen molar-refractivity contribution in [1.29, 1.82) is 0 Å². The monoisotopic (exact) mass is 226 g/mol. The van der Waals surface area contributed by atoms with E-state index >= 15 is 0 Å². The molecule has 0 aromatic heterocycles. The molecule has 0 aliphatic rings. The summed E-state index contributed by atoms with van der Waals surface area (Å²) in [4.78, 5) is 11.0. The van der Waals surface area contributed by atoms with Gasteiger partial charge in [-0.2, -0.15) is 0 Å². The topological polar surface area (TPSA) is 26.3 Å². The predicted molar refractivity (Wildman–Crippen MR) is 61.9 cm³/mol. The van der Waals surface area contributed by atoms with Crippen molar-refractivity contribution >= 4 is 16.8 Å². The van der Waals surface area contributed by atoms with Gasteiger partial charge in [0.2, 0.25) is 0 Å². The molecule has 1 aromatic carbocycles. The van der Waals surface area contributed by atoms with E-state index in [1.54, 1.807) is 25.3 Å². The van der Waals surface area contributed by atoms with Crippen LogP contribution in [0.15, 0.2) is 18.2 Å². The smallest absolute Gasteiger partial charge is 0.252 e. The van der Waals surface area contributed by atoms with Gasteiger partial charge in [0.05, 0.1) is 7.11 Å². The van der Waals surface area contributed by atoms with Crippen LogP contribution in [0.2, 0.25) is 0 Å². The molecule has 0 unspecified atom stereocenters. The number of benzene rings is 1. The van der Waals surface area contributed by atoms with Crippen LogP contribution in [-0.4, -0.2) is 12.4 Å². The van der Waals surface area contributed by atoms with Gasteiger partial charge in [-0.25, -0.2) is 0 Å². The van der Waals surface area contributed by atoms with Gasteiger partial charge >= 0.3 is 0 Å². The molecule has 0 N–H and O–H groups in total. The fraction of sp³-hybridized carbons (Fsp3) is 0.417. The second-order valence-electron chi connectivity index (χ2n) is 4.44. The van der Waals surface area contributed by atoms with E-state index in [9.17, 15) is 4.79 Å². The summed E-state index contributed by atoms with van der Waals surface area (Å²) >= 11 is 5.44. The zero-order valence-electron chi connectivity index (χ0n) is 9.43. The molecule has 0 amide bonds. The van der Waals surface area contributed by atoms with Crippen molar-refractivity contribution in [3.05, 3.63) is 29.3 Å². The summed E-state index contributed by atoms with van der Waals surface area (Å²) in [6.07, 6.45) is 0. The lowest BCUT2D eigenvalue weighted by Gasteiger charge is -2.22. The minimum atomic E-state index is -0.442. The Morgan fingerprint density at radius 1 is 1.33 bits per heavy atom. The van der Waals surface area contributed by atoms with Gasteiger partial charge in [0, 0.05) is 11.1 Å². The van der Waals surface area contributed by atoms with E-state index in [4.69, 9.17) is 16.3 Å². The Kier molecular flexibility index (Phi) is 3.40. The normalized spacial score (nSPS) is 11.3. The number of ether oxygens (including phenoxy) is 1. The molecule has 2 nitrogen and oxygen atoms in total. The van der Waals surface area contributed by atoms with E-state index in [1.165, 1.54) is 0 Å². The first-order chi connectivity index (χ1) is 6.86. The Morgan fingerprint density at radius 3 is 2.33 bits per heavy atom. The Balaban J connectivity index is 3.32. The molecule has 1 rings (SSSR count). The molecule has 0 aliphatic carbocycles. The van der Waals surface area contributed by atoms with Crippen molar-refractivity contribution in [2.75, 3.05) is 7.11 Å². The number of rotatable bonds is 2. The Hall–Kier alpha value is -1.02. The van der Waals surface area contributed by atoms with Crippen molar-refractivity contribution in [2.24, 2.45) is 0 Å². The van der Waals surface area contributed by atoms with Gasteiger partial charge in [-0.05, 0) is 35.2 Å². The Labute approximate surface area is 95.2 Å². The predicted octanol–water partition coefficient (Wildman–Crippen LogP) is 3.37. The summed E-state index contributed by atoms with van der Waals surface area (Å²) in [6.45, 7) is 6.19. The minimum Gasteiger partial charge on any atom is -0.496 e. The lowest BCUT2D eigenvalue weighted by atomic mass is 9.85. The standard InChI is InChI=1S/C12H15ClO2/c1-12(2,3)9-7-8(11(13)14)5-6-10(9)15-4/h5-7H,1-4H3. The van der Waals surface area contributed by atoms with E-state index in [2.05, 4.69) is 20.8 Å². The first-order valence-corrected chi connectivity index (χ1v) is 5.12. The molecule has 0 fully saturated rings. The van der Waals surface area contributed by atoms with E-state index < -0.39 is 5.24 Å². The van der Waals surface area contributed by atoms with Crippen LogP contribution in [-0.2, 0) is 5.41 Å². The first-order valence-electron chi connectivity index (χ1n) is 4.74. The van der Waals surface area contributed by atoms with Crippen molar-refractivity contribution in [1.82, 2.24) is 0 Å². The molecule has 0 aliphatic heterocycles. The Bertz CT molecular complexity index is 378. The third kappa shape index (κ3) is 2.72. The van der Waals surface area contributed by atoms with Gasteiger partial charge in [-0.15, -0.1) is 0 Å². The summed E-state index contributed by atoms with van der Waals surface area (Å²) < 4.78 is 5.25. The Morgan fingerprint density at radius 2 is 1.93 bits per heavy atom. The molecule has 0 heterocycles. The SMILES string of the molecule is COc1ccc(C(=O)Cl)cc1C(C)(C)C. The van der Waals surface area contributed by atoms with E-state index in [0.29, 0.717) is 5.56 Å². The second-order valence-corrected chi connectivity index (χ2v) is 4.78. The second kappa shape index (κ2) is 4.23. The molecule has 0 radical (unpaired) electrons. The molecule has 82 valence electrons. The maximum absolute atomic E-state index is 11.0. The zero-order chi connectivity index (χ0) is 11.6. The summed E-state index contributed by atoms with van der Waals surface area (Å²) in [5.41, 5.74) is 1.41. The fourth-order valence-electron chi connectivity index (χ4n) is 1.42. The highest BCUT2D eigenvalue weighted by atomic mass is 35.5. The van der Waals surface area contributed by atoms with E-state index in [-0.39, 0.29) is 5.41 Å². The van der Waals surface area contributed by atoms with Crippen molar-refractivity contribution in [3.63, 3.8) is 0 Å². The molecule has 0 saturated heterocycles. The minimum absolute atomic E-state index is 0.0757. The molecule has 0 saturated carbocycles. The van der Waals surface area contributed by atoms with Gasteiger partial charge in [0.25, 0.3) is 5.24 Å².